The second-order valence-corrected chi connectivity index (χ2v) is 11.0. The Morgan fingerprint density at radius 3 is 2.26 bits per heavy atom. The van der Waals surface area contributed by atoms with E-state index in [-0.39, 0.29) is 29.6 Å². The van der Waals surface area contributed by atoms with Crippen molar-refractivity contribution in [3.8, 4) is 0 Å². The third-order valence-electron chi connectivity index (χ3n) is 8.15. The van der Waals surface area contributed by atoms with Crippen LogP contribution in [0.15, 0.2) is 97.1 Å². The van der Waals surface area contributed by atoms with Crippen molar-refractivity contribution in [2.45, 2.75) is 52.6 Å². The van der Waals surface area contributed by atoms with E-state index in [0.29, 0.717) is 17.5 Å². The van der Waals surface area contributed by atoms with Crippen LogP contribution in [-0.2, 0) is 11.2 Å². The van der Waals surface area contributed by atoms with Crippen LogP contribution in [0.5, 0.6) is 0 Å². The van der Waals surface area contributed by atoms with Gasteiger partial charge < -0.3 is 9.80 Å². The molecule has 0 N–H and O–H groups in total. The van der Waals surface area contributed by atoms with Gasteiger partial charge in [0, 0.05) is 35.5 Å². The van der Waals surface area contributed by atoms with Crippen molar-refractivity contribution >= 4 is 35.0 Å². The molecule has 0 saturated heterocycles. The fourth-order valence-corrected chi connectivity index (χ4v) is 5.85. The van der Waals surface area contributed by atoms with Crippen LogP contribution in [0.1, 0.15) is 64.5 Å². The Labute approximate surface area is 252 Å². The van der Waals surface area contributed by atoms with Gasteiger partial charge in [0.1, 0.15) is 0 Å². The van der Waals surface area contributed by atoms with Gasteiger partial charge in [0.25, 0.3) is 17.5 Å². The van der Waals surface area contributed by atoms with Crippen LogP contribution in [0.25, 0.3) is 6.08 Å². The van der Waals surface area contributed by atoms with Gasteiger partial charge in [-0.25, -0.2) is 0 Å². The molecule has 1 aliphatic heterocycles. The first kappa shape index (κ1) is 29.5. The molecule has 218 valence electrons. The van der Waals surface area contributed by atoms with Crippen LogP contribution < -0.4 is 9.80 Å². The van der Waals surface area contributed by atoms with Gasteiger partial charge in [-0.15, -0.1) is 0 Å². The lowest BCUT2D eigenvalue weighted by Crippen LogP contribution is -2.48. The van der Waals surface area contributed by atoms with Gasteiger partial charge in [-0.05, 0) is 97.8 Å². The molecule has 0 bridgehead atoms. The van der Waals surface area contributed by atoms with E-state index >= 15 is 0 Å². The molecule has 1 aliphatic rings. The Morgan fingerprint density at radius 1 is 0.930 bits per heavy atom. The number of nitrogens with zero attached hydrogens (tertiary/aromatic N) is 3. The van der Waals surface area contributed by atoms with Crippen LogP contribution in [0.3, 0.4) is 0 Å². The number of carbonyl (C=O) groups is 2. The van der Waals surface area contributed by atoms with Crippen LogP contribution in [0.4, 0.5) is 17.1 Å². The Hall–Kier alpha value is -5.04. The van der Waals surface area contributed by atoms with Crippen LogP contribution in [0, 0.1) is 24.0 Å². The minimum atomic E-state index is -0.448. The largest absolute Gasteiger partial charge is 0.305 e. The maximum absolute atomic E-state index is 14.1. The summed E-state index contributed by atoms with van der Waals surface area (Å²) in [7, 11) is 0. The molecular formula is C36H35N3O4. The second kappa shape index (κ2) is 12.4. The van der Waals surface area contributed by atoms with E-state index in [4.69, 9.17) is 0 Å². The zero-order valence-electron chi connectivity index (χ0n) is 24.9. The first-order chi connectivity index (χ1) is 20.7. The minimum Gasteiger partial charge on any atom is -0.305 e. The van der Waals surface area contributed by atoms with Gasteiger partial charge >= 0.3 is 0 Å². The van der Waals surface area contributed by atoms with Crippen molar-refractivity contribution in [2.24, 2.45) is 0 Å². The highest BCUT2D eigenvalue weighted by Gasteiger charge is 2.39. The quantitative estimate of drug-likeness (QED) is 0.127. The number of nitro benzene ring substituents is 1. The number of nitro groups is 1. The van der Waals surface area contributed by atoms with Gasteiger partial charge in [-0.2, -0.15) is 0 Å². The Morgan fingerprint density at radius 2 is 1.60 bits per heavy atom. The lowest BCUT2D eigenvalue weighted by atomic mass is 9.87. The molecule has 5 rings (SSSR count). The average Bonchev–Trinajstić information content (AvgIpc) is 3.01. The molecule has 0 aromatic heterocycles. The molecule has 0 fully saturated rings. The summed E-state index contributed by atoms with van der Waals surface area (Å²) in [4.78, 5) is 42.4. The summed E-state index contributed by atoms with van der Waals surface area (Å²) >= 11 is 0. The molecule has 1 heterocycles. The molecule has 0 unspecified atom stereocenters. The predicted octanol–water partition coefficient (Wildman–Crippen LogP) is 8.00. The van der Waals surface area contributed by atoms with Gasteiger partial charge in [-0.3, -0.25) is 19.7 Å². The number of aryl methyl sites for hydroxylation is 3. The van der Waals surface area contributed by atoms with Gasteiger partial charge in [-0.1, -0.05) is 55.5 Å². The van der Waals surface area contributed by atoms with Crippen molar-refractivity contribution in [2.75, 3.05) is 9.80 Å². The standard InChI is InChI=1S/C36H35N3O4/c1-5-27-13-18-29(19-14-27)36(41)37-26(4)23-33(31-11-8-10-25(3)35(31)37)38(32-12-7-6-9-24(32)2)34(40)22-17-28-15-20-30(21-16-28)39(42)43/h6-22,26,33H,5,23H2,1-4H3/b22-17+/t26-,33-/m0/s1. The Kier molecular flexibility index (Phi) is 8.53. The van der Waals surface area contributed by atoms with E-state index in [2.05, 4.69) is 6.92 Å². The maximum Gasteiger partial charge on any atom is 0.269 e. The lowest BCUT2D eigenvalue weighted by Gasteiger charge is -2.44. The number of fused-ring (bicyclic) bond motifs is 1. The predicted molar refractivity (Wildman–Crippen MR) is 171 cm³/mol. The average molecular weight is 574 g/mol. The van der Waals surface area contributed by atoms with E-state index in [1.807, 2.05) is 97.3 Å². The monoisotopic (exact) mass is 573 g/mol. The molecule has 2 atom stereocenters. The smallest absolute Gasteiger partial charge is 0.269 e. The first-order valence-electron chi connectivity index (χ1n) is 14.5. The van der Waals surface area contributed by atoms with E-state index in [9.17, 15) is 19.7 Å². The molecular weight excluding hydrogens is 538 g/mol. The third kappa shape index (κ3) is 5.97. The fraction of sp³-hybridized carbons (Fsp3) is 0.222. The number of hydrogen-bond acceptors (Lipinski definition) is 4. The van der Waals surface area contributed by atoms with Crippen LogP contribution >= 0.6 is 0 Å². The summed E-state index contributed by atoms with van der Waals surface area (Å²) in [5.74, 6) is -0.275. The summed E-state index contributed by atoms with van der Waals surface area (Å²) in [6.45, 7) is 8.11. The zero-order valence-corrected chi connectivity index (χ0v) is 24.9. The molecule has 7 heteroatoms. The molecule has 43 heavy (non-hydrogen) atoms. The third-order valence-corrected chi connectivity index (χ3v) is 8.15. The molecule has 0 radical (unpaired) electrons. The molecule has 4 aromatic carbocycles. The van der Waals surface area contributed by atoms with Gasteiger partial charge in [0.15, 0.2) is 0 Å². The number of rotatable bonds is 7. The van der Waals surface area contributed by atoms with Crippen LogP contribution in [-0.4, -0.2) is 22.8 Å². The Balaban J connectivity index is 1.56. The van der Waals surface area contributed by atoms with Gasteiger partial charge in [0.05, 0.1) is 16.7 Å². The van der Waals surface area contributed by atoms with Gasteiger partial charge in [0.2, 0.25) is 0 Å². The molecule has 7 nitrogen and oxygen atoms in total. The summed E-state index contributed by atoms with van der Waals surface area (Å²) in [5.41, 5.74) is 6.95. The maximum atomic E-state index is 14.1. The van der Waals surface area contributed by atoms with E-state index in [0.717, 1.165) is 34.5 Å². The van der Waals surface area contributed by atoms with E-state index in [1.165, 1.54) is 23.8 Å². The highest BCUT2D eigenvalue weighted by atomic mass is 16.6. The van der Waals surface area contributed by atoms with Crippen molar-refractivity contribution in [3.63, 3.8) is 0 Å². The molecule has 0 aliphatic carbocycles. The number of amides is 2. The summed E-state index contributed by atoms with van der Waals surface area (Å²) in [6.07, 6.45) is 4.64. The van der Waals surface area contributed by atoms with E-state index in [1.54, 1.807) is 18.2 Å². The van der Waals surface area contributed by atoms with Crippen LogP contribution in [0.2, 0.25) is 0 Å². The number of benzene rings is 4. The number of carbonyl (C=O) groups excluding carboxylic acids is 2. The Bertz CT molecular complexity index is 1690. The molecule has 2 amide bonds. The van der Waals surface area contributed by atoms with E-state index < -0.39 is 4.92 Å². The number of para-hydroxylation sites is 2. The number of hydrogen-bond donors (Lipinski definition) is 0. The minimum absolute atomic E-state index is 0.00593. The SMILES string of the molecule is CCc1ccc(C(=O)N2c3c(C)cccc3[C@@H](N(C(=O)/C=C/c3ccc([N+](=O)[O-])cc3)c3ccccc3C)C[C@@H]2C)cc1. The normalized spacial score (nSPS) is 16.1. The number of non-ortho nitro benzene ring substituents is 1. The topological polar surface area (TPSA) is 83.8 Å². The summed E-state index contributed by atoms with van der Waals surface area (Å²) < 4.78 is 0. The zero-order chi connectivity index (χ0) is 30.7. The molecule has 0 spiro atoms. The lowest BCUT2D eigenvalue weighted by molar-refractivity contribution is -0.384. The molecule has 0 saturated carbocycles. The highest BCUT2D eigenvalue weighted by Crippen LogP contribution is 2.45. The molecule has 4 aromatic rings. The second-order valence-electron chi connectivity index (χ2n) is 11.0. The first-order valence-corrected chi connectivity index (χ1v) is 14.5. The summed E-state index contributed by atoms with van der Waals surface area (Å²) in [5, 5.41) is 11.1. The van der Waals surface area contributed by atoms with Crippen molar-refractivity contribution in [1.29, 1.82) is 0 Å². The highest BCUT2D eigenvalue weighted by molar-refractivity contribution is 6.09. The van der Waals surface area contributed by atoms with Crippen molar-refractivity contribution < 1.29 is 14.5 Å². The number of anilines is 2. The summed E-state index contributed by atoms with van der Waals surface area (Å²) in [6, 6.07) is 27.1. The fourth-order valence-electron chi connectivity index (χ4n) is 5.85. The van der Waals surface area contributed by atoms with Crippen molar-refractivity contribution in [3.05, 3.63) is 141 Å². The van der Waals surface area contributed by atoms with Crippen molar-refractivity contribution in [1.82, 2.24) is 0 Å².